The van der Waals surface area contributed by atoms with Gasteiger partial charge in [-0.1, -0.05) is 48.5 Å². The lowest BCUT2D eigenvalue weighted by Gasteiger charge is -2.32. The van der Waals surface area contributed by atoms with Crippen LogP contribution in [-0.2, 0) is 9.53 Å². The van der Waals surface area contributed by atoms with Crippen LogP contribution in [0.1, 0.15) is 36.0 Å². The molecular weight excluding hydrogens is 580 g/mol. The topological polar surface area (TPSA) is 106 Å². The van der Waals surface area contributed by atoms with Gasteiger partial charge in [-0.2, -0.15) is 0 Å². The molecule has 0 saturated carbocycles. The van der Waals surface area contributed by atoms with Crippen LogP contribution in [0.25, 0.3) is 11.1 Å². The Morgan fingerprint density at radius 1 is 0.848 bits per heavy atom. The highest BCUT2D eigenvalue weighted by Crippen LogP contribution is 2.28. The highest BCUT2D eigenvalue weighted by molar-refractivity contribution is 5.94. The van der Waals surface area contributed by atoms with Gasteiger partial charge in [-0.3, -0.25) is 14.9 Å². The number of nitrogens with one attached hydrogen (secondary N) is 3. The number of nitrogens with zero attached hydrogens (tertiary/aromatic N) is 3. The first kappa shape index (κ1) is 34.5. The van der Waals surface area contributed by atoms with Crippen molar-refractivity contribution < 1.29 is 19.1 Å². The van der Waals surface area contributed by atoms with Crippen molar-refractivity contribution in [2.45, 2.75) is 31.8 Å². The van der Waals surface area contributed by atoms with Gasteiger partial charge >= 0.3 is 6.09 Å². The summed E-state index contributed by atoms with van der Waals surface area (Å²) in [6.45, 7) is 5.13. The van der Waals surface area contributed by atoms with E-state index in [1.165, 1.54) is 0 Å². The minimum absolute atomic E-state index is 0.00222. The van der Waals surface area contributed by atoms with Gasteiger partial charge in [-0.15, -0.1) is 0 Å². The van der Waals surface area contributed by atoms with E-state index in [9.17, 15) is 14.4 Å². The SMILES string of the molecule is CNCCCN(C)C(=O)c1ccc(NCCC(=O)N(C)CCN2CCC(OC(=O)Nc3ccccc3-c3ccccc3)CC2)cc1. The van der Waals surface area contributed by atoms with Crippen molar-refractivity contribution in [1.29, 1.82) is 0 Å². The summed E-state index contributed by atoms with van der Waals surface area (Å²) in [6.07, 6.45) is 2.22. The highest BCUT2D eigenvalue weighted by Gasteiger charge is 2.23. The second-order valence-corrected chi connectivity index (χ2v) is 11.7. The molecule has 3 amide bonds. The Bertz CT molecular complexity index is 1390. The zero-order valence-corrected chi connectivity index (χ0v) is 27.3. The molecule has 0 bridgehead atoms. The monoisotopic (exact) mass is 628 g/mol. The lowest BCUT2D eigenvalue weighted by atomic mass is 10.0. The third kappa shape index (κ3) is 10.6. The Morgan fingerprint density at radius 3 is 2.26 bits per heavy atom. The number of hydrogen-bond donors (Lipinski definition) is 3. The van der Waals surface area contributed by atoms with Crippen LogP contribution in [0.4, 0.5) is 16.2 Å². The third-order valence-electron chi connectivity index (χ3n) is 8.30. The van der Waals surface area contributed by atoms with E-state index in [1.807, 2.05) is 100 Å². The lowest BCUT2D eigenvalue weighted by molar-refractivity contribution is -0.129. The molecule has 0 radical (unpaired) electrons. The van der Waals surface area contributed by atoms with Gasteiger partial charge in [0.15, 0.2) is 0 Å². The largest absolute Gasteiger partial charge is 0.446 e. The zero-order valence-electron chi connectivity index (χ0n) is 27.3. The maximum atomic E-state index is 12.7. The lowest BCUT2D eigenvalue weighted by Crippen LogP contribution is -2.42. The molecule has 10 heteroatoms. The number of carbonyl (C=O) groups is 3. The van der Waals surface area contributed by atoms with E-state index in [0.717, 1.165) is 67.9 Å². The quantitative estimate of drug-likeness (QED) is 0.203. The van der Waals surface area contributed by atoms with Crippen molar-refractivity contribution in [3.63, 3.8) is 0 Å². The van der Waals surface area contributed by atoms with Crippen molar-refractivity contribution in [3.8, 4) is 11.1 Å². The second kappa shape index (κ2) is 17.9. The molecule has 1 aliphatic rings. The normalized spacial score (nSPS) is 13.5. The predicted octanol–water partition coefficient (Wildman–Crippen LogP) is 5.01. The predicted molar refractivity (Wildman–Crippen MR) is 184 cm³/mol. The van der Waals surface area contributed by atoms with Crippen molar-refractivity contribution in [2.24, 2.45) is 0 Å². The molecule has 0 aliphatic carbocycles. The molecule has 1 fully saturated rings. The van der Waals surface area contributed by atoms with Gasteiger partial charge < -0.3 is 30.1 Å². The van der Waals surface area contributed by atoms with Crippen LogP contribution < -0.4 is 16.0 Å². The molecule has 1 saturated heterocycles. The first-order valence-electron chi connectivity index (χ1n) is 16.2. The molecular formula is C36H48N6O4. The van der Waals surface area contributed by atoms with Gasteiger partial charge in [0.2, 0.25) is 5.91 Å². The molecule has 1 aliphatic heterocycles. The van der Waals surface area contributed by atoms with E-state index < -0.39 is 6.09 Å². The molecule has 10 nitrogen and oxygen atoms in total. The number of likely N-dealkylation sites (tertiary alicyclic amines) is 1. The molecule has 0 spiro atoms. The number of amides is 3. The average Bonchev–Trinajstić information content (AvgIpc) is 3.08. The smallest absolute Gasteiger partial charge is 0.411 e. The number of ether oxygens (including phenoxy) is 1. The molecule has 3 aromatic rings. The maximum Gasteiger partial charge on any atom is 0.411 e. The van der Waals surface area contributed by atoms with Crippen molar-refractivity contribution in [1.82, 2.24) is 20.0 Å². The Kier molecular flexibility index (Phi) is 13.4. The zero-order chi connectivity index (χ0) is 32.7. The summed E-state index contributed by atoms with van der Waals surface area (Å²) in [7, 11) is 5.56. The molecule has 0 unspecified atom stereocenters. The Labute approximate surface area is 273 Å². The number of carbonyl (C=O) groups excluding carboxylic acids is 3. The van der Waals surface area contributed by atoms with Crippen molar-refractivity contribution in [3.05, 3.63) is 84.4 Å². The van der Waals surface area contributed by atoms with Crippen LogP contribution in [0.3, 0.4) is 0 Å². The summed E-state index contributed by atoms with van der Waals surface area (Å²) >= 11 is 0. The van der Waals surface area contributed by atoms with E-state index in [1.54, 1.807) is 9.80 Å². The van der Waals surface area contributed by atoms with Gasteiger partial charge in [-0.05, 0) is 68.8 Å². The van der Waals surface area contributed by atoms with Gasteiger partial charge in [-0.25, -0.2) is 4.79 Å². The van der Waals surface area contributed by atoms with E-state index in [4.69, 9.17) is 4.74 Å². The van der Waals surface area contributed by atoms with Crippen LogP contribution in [0.2, 0.25) is 0 Å². The summed E-state index contributed by atoms with van der Waals surface area (Å²) in [6, 6.07) is 25.1. The van der Waals surface area contributed by atoms with Crippen LogP contribution in [0.15, 0.2) is 78.9 Å². The summed E-state index contributed by atoms with van der Waals surface area (Å²) < 4.78 is 5.76. The summed E-state index contributed by atoms with van der Waals surface area (Å²) in [5.41, 5.74) is 4.24. The molecule has 0 atom stereocenters. The number of rotatable bonds is 15. The Hall–Kier alpha value is -4.41. The third-order valence-corrected chi connectivity index (χ3v) is 8.30. The molecule has 3 aromatic carbocycles. The minimum Gasteiger partial charge on any atom is -0.446 e. The number of likely N-dealkylation sites (N-methyl/N-ethyl adjacent to an activating group) is 1. The number of hydrogen-bond acceptors (Lipinski definition) is 7. The van der Waals surface area contributed by atoms with Crippen LogP contribution in [0.5, 0.6) is 0 Å². The molecule has 3 N–H and O–H groups in total. The van der Waals surface area contributed by atoms with E-state index >= 15 is 0 Å². The number of anilines is 2. The fraction of sp³-hybridized carbons (Fsp3) is 0.417. The summed E-state index contributed by atoms with van der Waals surface area (Å²) in [4.78, 5) is 43.8. The number of benzene rings is 3. The summed E-state index contributed by atoms with van der Waals surface area (Å²) in [5.74, 6) is 0.0792. The molecule has 4 rings (SSSR count). The van der Waals surface area contributed by atoms with Gasteiger partial charge in [0.1, 0.15) is 6.10 Å². The van der Waals surface area contributed by atoms with Crippen LogP contribution >= 0.6 is 0 Å². The highest BCUT2D eigenvalue weighted by atomic mass is 16.6. The van der Waals surface area contributed by atoms with Gasteiger partial charge in [0.25, 0.3) is 5.91 Å². The fourth-order valence-electron chi connectivity index (χ4n) is 5.47. The number of para-hydroxylation sites is 1. The van der Waals surface area contributed by atoms with Crippen molar-refractivity contribution >= 4 is 29.3 Å². The molecule has 0 aromatic heterocycles. The maximum absolute atomic E-state index is 12.7. The Morgan fingerprint density at radius 2 is 1.54 bits per heavy atom. The van der Waals surface area contributed by atoms with Crippen molar-refractivity contribution in [2.75, 3.05) is 77.6 Å². The van der Waals surface area contributed by atoms with E-state index in [2.05, 4.69) is 20.9 Å². The first-order valence-corrected chi connectivity index (χ1v) is 16.2. The molecule has 246 valence electrons. The van der Waals surface area contributed by atoms with Gasteiger partial charge in [0, 0.05) is 76.6 Å². The average molecular weight is 629 g/mol. The Balaban J connectivity index is 1.10. The van der Waals surface area contributed by atoms with Crippen LogP contribution in [0, 0.1) is 0 Å². The molecule has 46 heavy (non-hydrogen) atoms. The van der Waals surface area contributed by atoms with E-state index in [0.29, 0.717) is 31.6 Å². The van der Waals surface area contributed by atoms with Gasteiger partial charge in [0.05, 0.1) is 5.69 Å². The fourth-order valence-corrected chi connectivity index (χ4v) is 5.47. The minimum atomic E-state index is -0.437. The number of piperidine rings is 1. The van der Waals surface area contributed by atoms with E-state index in [-0.39, 0.29) is 17.9 Å². The molecule has 1 heterocycles. The summed E-state index contributed by atoms with van der Waals surface area (Å²) in [5, 5.41) is 9.30. The standard InChI is InChI=1S/C36H48N6O4/c1-37-21-9-23-41(3)35(44)29-14-16-30(17-15-29)38-22-18-34(43)40(2)26-27-42-24-19-31(20-25-42)46-36(45)39-33-13-8-7-12-32(33)28-10-5-4-6-11-28/h4-8,10-17,31,37-38H,9,18-27H2,1-3H3,(H,39,45). The first-order chi connectivity index (χ1) is 22.3. The van der Waals surface area contributed by atoms with Crippen LogP contribution in [-0.4, -0.2) is 106 Å². The second-order valence-electron chi connectivity index (χ2n) is 11.7.